The Morgan fingerprint density at radius 1 is 1.14 bits per heavy atom. The first-order chi connectivity index (χ1) is 13.5. The van der Waals surface area contributed by atoms with Gasteiger partial charge >= 0.3 is 0 Å². The summed E-state index contributed by atoms with van der Waals surface area (Å²) in [7, 11) is 1.76. The van der Waals surface area contributed by atoms with Gasteiger partial charge in [0.15, 0.2) is 0 Å². The Labute approximate surface area is 164 Å². The number of piperidine rings is 1. The Morgan fingerprint density at radius 3 is 2.36 bits per heavy atom. The lowest BCUT2D eigenvalue weighted by Gasteiger charge is -2.33. The van der Waals surface area contributed by atoms with E-state index in [1.54, 1.807) is 19.2 Å². The topological polar surface area (TPSA) is 84.7 Å². The highest BCUT2D eigenvalue weighted by atomic mass is 16.6. The van der Waals surface area contributed by atoms with Crippen LogP contribution < -0.4 is 10.2 Å². The van der Waals surface area contributed by atoms with Crippen molar-refractivity contribution in [2.24, 2.45) is 0 Å². The van der Waals surface area contributed by atoms with Crippen molar-refractivity contribution in [1.82, 2.24) is 0 Å². The molecule has 0 bridgehead atoms. The molecule has 148 valence electrons. The third-order valence-electron chi connectivity index (χ3n) is 5.08. The van der Waals surface area contributed by atoms with Gasteiger partial charge in [0.1, 0.15) is 0 Å². The molecule has 1 aliphatic heterocycles. The molecule has 1 heterocycles. The molecule has 2 aromatic rings. The maximum absolute atomic E-state index is 12.2. The normalized spacial score (nSPS) is 14.7. The van der Waals surface area contributed by atoms with Gasteiger partial charge in [-0.3, -0.25) is 14.9 Å². The van der Waals surface area contributed by atoms with Crippen molar-refractivity contribution in [3.8, 4) is 0 Å². The predicted octanol–water partition coefficient (Wildman–Crippen LogP) is 3.78. The van der Waals surface area contributed by atoms with Gasteiger partial charge in [0, 0.05) is 50.1 Å². The lowest BCUT2D eigenvalue weighted by Crippen LogP contribution is -2.36. The van der Waals surface area contributed by atoms with Crippen LogP contribution in [-0.2, 0) is 16.0 Å². The molecule has 1 aliphatic rings. The average molecular weight is 383 g/mol. The highest BCUT2D eigenvalue weighted by Gasteiger charge is 2.18. The summed E-state index contributed by atoms with van der Waals surface area (Å²) >= 11 is 0. The Morgan fingerprint density at radius 2 is 1.79 bits per heavy atom. The van der Waals surface area contributed by atoms with Gasteiger partial charge in [-0.25, -0.2) is 0 Å². The van der Waals surface area contributed by atoms with Crippen LogP contribution in [0.4, 0.5) is 17.1 Å². The van der Waals surface area contributed by atoms with Crippen LogP contribution >= 0.6 is 0 Å². The van der Waals surface area contributed by atoms with Crippen molar-refractivity contribution in [3.05, 3.63) is 64.2 Å². The second kappa shape index (κ2) is 9.32. The average Bonchev–Trinajstić information content (AvgIpc) is 2.73. The number of carbonyl (C=O) groups excluding carboxylic acids is 1. The minimum Gasteiger partial charge on any atom is -0.381 e. The highest BCUT2D eigenvalue weighted by Crippen LogP contribution is 2.23. The Balaban J connectivity index is 1.47. The Bertz CT molecular complexity index is 797. The van der Waals surface area contributed by atoms with Gasteiger partial charge in [0.05, 0.1) is 11.0 Å². The summed E-state index contributed by atoms with van der Waals surface area (Å²) in [5.41, 5.74) is 2.87. The van der Waals surface area contributed by atoms with Gasteiger partial charge in [-0.15, -0.1) is 0 Å². The van der Waals surface area contributed by atoms with Crippen LogP contribution in [-0.4, -0.2) is 37.1 Å². The number of carbonyl (C=O) groups is 1. The van der Waals surface area contributed by atoms with Crippen molar-refractivity contribution in [3.63, 3.8) is 0 Å². The summed E-state index contributed by atoms with van der Waals surface area (Å²) in [6.45, 7) is 1.94. The third-order valence-corrected chi connectivity index (χ3v) is 5.08. The van der Waals surface area contributed by atoms with Gasteiger partial charge in [0.25, 0.3) is 5.69 Å². The molecule has 1 N–H and O–H groups in total. The van der Waals surface area contributed by atoms with E-state index >= 15 is 0 Å². The first kappa shape index (κ1) is 19.8. The molecule has 0 spiro atoms. The number of hydrogen-bond acceptors (Lipinski definition) is 5. The standard InChI is InChI=1S/C21H25N3O4/c1-28-20-12-14-23(15-13-20)18-9-5-17(6-10-18)22-21(25)11-4-16-2-7-19(8-3-16)24(26)27/h2-3,5-10,20H,4,11-15H2,1H3,(H,22,25). The van der Waals surface area contributed by atoms with E-state index < -0.39 is 4.92 Å². The van der Waals surface area contributed by atoms with Crippen molar-refractivity contribution in [2.45, 2.75) is 31.8 Å². The van der Waals surface area contributed by atoms with Gasteiger partial charge in [0.2, 0.25) is 5.91 Å². The fraction of sp³-hybridized carbons (Fsp3) is 0.381. The van der Waals surface area contributed by atoms with E-state index in [1.165, 1.54) is 12.1 Å². The first-order valence-corrected chi connectivity index (χ1v) is 9.46. The molecular weight excluding hydrogens is 358 g/mol. The van der Waals surface area contributed by atoms with Gasteiger partial charge in [-0.1, -0.05) is 12.1 Å². The van der Waals surface area contributed by atoms with E-state index in [-0.39, 0.29) is 11.6 Å². The van der Waals surface area contributed by atoms with Gasteiger partial charge in [-0.2, -0.15) is 0 Å². The molecular formula is C21H25N3O4. The van der Waals surface area contributed by atoms with Gasteiger partial charge in [-0.05, 0) is 49.1 Å². The molecule has 3 rings (SSSR count). The number of methoxy groups -OCH3 is 1. The van der Waals surface area contributed by atoms with Crippen LogP contribution in [0, 0.1) is 10.1 Å². The summed E-state index contributed by atoms with van der Waals surface area (Å²) in [5, 5.41) is 13.6. The summed E-state index contributed by atoms with van der Waals surface area (Å²) in [6, 6.07) is 14.2. The maximum Gasteiger partial charge on any atom is 0.269 e. The number of anilines is 2. The van der Waals surface area contributed by atoms with E-state index in [2.05, 4.69) is 10.2 Å². The molecule has 28 heavy (non-hydrogen) atoms. The molecule has 2 aromatic carbocycles. The van der Waals surface area contributed by atoms with E-state index in [0.717, 1.165) is 42.9 Å². The summed E-state index contributed by atoms with van der Waals surface area (Å²) in [6.07, 6.45) is 3.26. The fourth-order valence-corrected chi connectivity index (χ4v) is 3.37. The minimum absolute atomic E-state index is 0.0553. The molecule has 0 aliphatic carbocycles. The van der Waals surface area contributed by atoms with E-state index in [9.17, 15) is 14.9 Å². The summed E-state index contributed by atoms with van der Waals surface area (Å²) < 4.78 is 5.41. The zero-order valence-electron chi connectivity index (χ0n) is 16.0. The molecule has 1 fully saturated rings. The van der Waals surface area contributed by atoms with Crippen LogP contribution in [0.15, 0.2) is 48.5 Å². The number of rotatable bonds is 7. The molecule has 0 unspecified atom stereocenters. The summed E-state index contributed by atoms with van der Waals surface area (Å²) in [5.74, 6) is -0.0768. The fourth-order valence-electron chi connectivity index (χ4n) is 3.37. The molecule has 7 nitrogen and oxygen atoms in total. The minimum atomic E-state index is -0.431. The van der Waals surface area contributed by atoms with Crippen LogP contribution in [0.25, 0.3) is 0 Å². The Kier molecular flexibility index (Phi) is 6.60. The maximum atomic E-state index is 12.2. The summed E-state index contributed by atoms with van der Waals surface area (Å²) in [4.78, 5) is 24.7. The predicted molar refractivity (Wildman–Crippen MR) is 109 cm³/mol. The number of non-ortho nitro benzene ring substituents is 1. The van der Waals surface area contributed by atoms with Crippen LogP contribution in [0.1, 0.15) is 24.8 Å². The Hall–Kier alpha value is -2.93. The van der Waals surface area contributed by atoms with Gasteiger partial charge < -0.3 is 15.0 Å². The van der Waals surface area contributed by atoms with E-state index in [4.69, 9.17) is 4.74 Å². The number of nitro benzene ring substituents is 1. The van der Waals surface area contributed by atoms with Crippen LogP contribution in [0.5, 0.6) is 0 Å². The second-order valence-corrected chi connectivity index (χ2v) is 6.94. The number of nitro groups is 1. The molecule has 1 amide bonds. The molecule has 7 heteroatoms. The number of nitrogens with zero attached hydrogens (tertiary/aromatic N) is 2. The smallest absolute Gasteiger partial charge is 0.269 e. The zero-order chi connectivity index (χ0) is 19.9. The molecule has 0 radical (unpaired) electrons. The number of hydrogen-bond donors (Lipinski definition) is 1. The SMILES string of the molecule is COC1CCN(c2ccc(NC(=O)CCc3ccc([N+](=O)[O-])cc3)cc2)CC1. The number of aryl methyl sites for hydroxylation is 1. The van der Waals surface area contributed by atoms with Crippen LogP contribution in [0.2, 0.25) is 0 Å². The van der Waals surface area contributed by atoms with Crippen molar-refractivity contribution in [2.75, 3.05) is 30.4 Å². The molecule has 0 saturated carbocycles. The van der Waals surface area contributed by atoms with Crippen molar-refractivity contribution >= 4 is 23.0 Å². The zero-order valence-corrected chi connectivity index (χ0v) is 16.0. The lowest BCUT2D eigenvalue weighted by atomic mass is 10.1. The molecule has 1 saturated heterocycles. The van der Waals surface area contributed by atoms with Crippen molar-refractivity contribution in [1.29, 1.82) is 0 Å². The molecule has 0 aromatic heterocycles. The number of ether oxygens (including phenoxy) is 1. The number of benzene rings is 2. The van der Waals surface area contributed by atoms with Crippen LogP contribution in [0.3, 0.4) is 0 Å². The molecule has 0 atom stereocenters. The van der Waals surface area contributed by atoms with E-state index in [1.807, 2.05) is 24.3 Å². The largest absolute Gasteiger partial charge is 0.381 e. The van der Waals surface area contributed by atoms with E-state index in [0.29, 0.717) is 18.9 Å². The number of nitrogens with one attached hydrogen (secondary N) is 1. The monoisotopic (exact) mass is 383 g/mol. The first-order valence-electron chi connectivity index (χ1n) is 9.46. The quantitative estimate of drug-likeness (QED) is 0.581. The highest BCUT2D eigenvalue weighted by molar-refractivity contribution is 5.91. The number of amides is 1. The lowest BCUT2D eigenvalue weighted by molar-refractivity contribution is -0.384. The second-order valence-electron chi connectivity index (χ2n) is 6.94. The third kappa shape index (κ3) is 5.29. The van der Waals surface area contributed by atoms with Crippen molar-refractivity contribution < 1.29 is 14.5 Å².